The molecule has 0 spiro atoms. The van der Waals surface area contributed by atoms with Crippen LogP contribution in [0.4, 0.5) is 0 Å². The monoisotopic (exact) mass is 316 g/mol. The van der Waals surface area contributed by atoms with Gasteiger partial charge in [-0.25, -0.2) is 0 Å². The van der Waals surface area contributed by atoms with E-state index in [9.17, 15) is 4.79 Å². The van der Waals surface area contributed by atoms with E-state index in [1.165, 1.54) is 0 Å². The minimum Gasteiger partial charge on any atom is -0.481 e. The van der Waals surface area contributed by atoms with Gasteiger partial charge in [0.25, 0.3) is 5.91 Å². The Kier molecular flexibility index (Phi) is 5.52. The molecule has 2 atom stereocenters. The van der Waals surface area contributed by atoms with E-state index in [1.807, 2.05) is 0 Å². The summed E-state index contributed by atoms with van der Waals surface area (Å²) in [4.78, 5) is 12.1. The van der Waals surface area contributed by atoms with Crippen LogP contribution in [0.3, 0.4) is 0 Å². The molecule has 1 unspecified atom stereocenters. The predicted molar refractivity (Wildman–Crippen MR) is 80.6 cm³/mol. The summed E-state index contributed by atoms with van der Waals surface area (Å²) in [5.74, 6) is 0.363. The minimum atomic E-state index is -0.591. The number of hydrogen-bond acceptors (Lipinski definition) is 3. The Hall–Kier alpha value is -0.970. The van der Waals surface area contributed by atoms with Crippen molar-refractivity contribution in [2.24, 2.45) is 0 Å². The zero-order valence-corrected chi connectivity index (χ0v) is 12.8. The number of halogens is 2. The topological polar surface area (TPSA) is 50.4 Å². The first-order valence-electron chi connectivity index (χ1n) is 6.68. The summed E-state index contributed by atoms with van der Waals surface area (Å²) >= 11 is 11.8. The number of hydrogen-bond donors (Lipinski definition) is 2. The summed E-state index contributed by atoms with van der Waals surface area (Å²) < 4.78 is 5.58. The molecule has 1 amide bonds. The van der Waals surface area contributed by atoms with E-state index in [0.717, 1.165) is 25.9 Å². The molecule has 1 aromatic rings. The maximum absolute atomic E-state index is 12.1. The molecule has 110 valence electrons. The second-order valence-corrected chi connectivity index (χ2v) is 5.79. The number of rotatable bonds is 4. The van der Waals surface area contributed by atoms with Gasteiger partial charge in [-0.3, -0.25) is 4.79 Å². The third-order valence-corrected chi connectivity index (χ3v) is 3.60. The van der Waals surface area contributed by atoms with Gasteiger partial charge >= 0.3 is 0 Å². The molecule has 6 heteroatoms. The molecular weight excluding hydrogens is 299 g/mol. The van der Waals surface area contributed by atoms with Gasteiger partial charge in [0.1, 0.15) is 5.75 Å². The summed E-state index contributed by atoms with van der Waals surface area (Å²) in [5, 5.41) is 7.19. The number of carbonyl (C=O) groups is 1. The van der Waals surface area contributed by atoms with Crippen LogP contribution >= 0.6 is 23.2 Å². The Morgan fingerprint density at radius 2 is 2.10 bits per heavy atom. The van der Waals surface area contributed by atoms with Crippen molar-refractivity contribution in [2.45, 2.75) is 31.9 Å². The molecule has 1 saturated heterocycles. The number of benzene rings is 1. The summed E-state index contributed by atoms with van der Waals surface area (Å²) in [6.07, 6.45) is 1.48. The lowest BCUT2D eigenvalue weighted by Gasteiger charge is -2.25. The molecule has 0 aromatic heterocycles. The highest BCUT2D eigenvalue weighted by Gasteiger charge is 2.20. The van der Waals surface area contributed by atoms with Crippen LogP contribution in [0.5, 0.6) is 5.75 Å². The highest BCUT2D eigenvalue weighted by Crippen LogP contribution is 2.24. The summed E-state index contributed by atoms with van der Waals surface area (Å²) in [5.41, 5.74) is 0. The quantitative estimate of drug-likeness (QED) is 0.897. The minimum absolute atomic E-state index is 0.130. The lowest BCUT2D eigenvalue weighted by molar-refractivity contribution is -0.128. The van der Waals surface area contributed by atoms with Crippen molar-refractivity contribution >= 4 is 29.1 Å². The van der Waals surface area contributed by atoms with E-state index in [-0.39, 0.29) is 11.9 Å². The van der Waals surface area contributed by atoms with Gasteiger partial charge in [-0.15, -0.1) is 0 Å². The largest absolute Gasteiger partial charge is 0.481 e. The highest BCUT2D eigenvalue weighted by atomic mass is 35.5. The van der Waals surface area contributed by atoms with Gasteiger partial charge in [0.05, 0.1) is 0 Å². The molecule has 0 radical (unpaired) electrons. The maximum atomic E-state index is 12.1. The van der Waals surface area contributed by atoms with Crippen LogP contribution in [-0.2, 0) is 4.79 Å². The molecule has 1 aliphatic heterocycles. The smallest absolute Gasteiger partial charge is 0.261 e. The molecule has 0 bridgehead atoms. The molecule has 1 fully saturated rings. The van der Waals surface area contributed by atoms with Crippen LogP contribution in [0.25, 0.3) is 0 Å². The molecule has 1 heterocycles. The molecule has 0 saturated carbocycles. The van der Waals surface area contributed by atoms with E-state index in [4.69, 9.17) is 27.9 Å². The molecule has 1 aliphatic rings. The molecule has 2 N–H and O–H groups in total. The molecule has 1 aromatic carbocycles. The van der Waals surface area contributed by atoms with Crippen molar-refractivity contribution in [2.75, 3.05) is 13.1 Å². The predicted octanol–water partition coefficient (Wildman–Crippen LogP) is 2.63. The summed E-state index contributed by atoms with van der Waals surface area (Å²) in [6.45, 7) is 3.53. The first kappa shape index (κ1) is 15.4. The zero-order valence-electron chi connectivity index (χ0n) is 11.3. The van der Waals surface area contributed by atoms with Crippen LogP contribution in [0.1, 0.15) is 19.8 Å². The fraction of sp³-hybridized carbons (Fsp3) is 0.500. The van der Waals surface area contributed by atoms with E-state index in [0.29, 0.717) is 15.8 Å². The number of nitrogens with one attached hydrogen (secondary N) is 2. The first-order chi connectivity index (χ1) is 9.54. The van der Waals surface area contributed by atoms with Crippen molar-refractivity contribution in [3.8, 4) is 5.75 Å². The van der Waals surface area contributed by atoms with E-state index in [1.54, 1.807) is 25.1 Å². The standard InChI is InChI=1S/C14H18Cl2N2O2/c1-9(14(19)18-12-3-2-4-17-8-12)20-13-6-10(15)5-11(16)7-13/h5-7,9,12,17H,2-4,8H2,1H3,(H,18,19)/t9?,12-/m0/s1. The van der Waals surface area contributed by atoms with E-state index in [2.05, 4.69) is 10.6 Å². The summed E-state index contributed by atoms with van der Waals surface area (Å²) in [7, 11) is 0. The van der Waals surface area contributed by atoms with Crippen LogP contribution < -0.4 is 15.4 Å². The second-order valence-electron chi connectivity index (χ2n) is 4.92. The van der Waals surface area contributed by atoms with Crippen LogP contribution in [0.15, 0.2) is 18.2 Å². The Balaban J connectivity index is 1.89. The van der Waals surface area contributed by atoms with Gasteiger partial charge in [0.2, 0.25) is 0 Å². The lowest BCUT2D eigenvalue weighted by atomic mass is 10.1. The van der Waals surface area contributed by atoms with Gasteiger partial charge in [0, 0.05) is 22.6 Å². The van der Waals surface area contributed by atoms with Crippen LogP contribution in [-0.4, -0.2) is 31.1 Å². The third-order valence-electron chi connectivity index (χ3n) is 3.16. The van der Waals surface area contributed by atoms with Crippen molar-refractivity contribution in [1.29, 1.82) is 0 Å². The third kappa shape index (κ3) is 4.54. The fourth-order valence-electron chi connectivity index (χ4n) is 2.15. The number of carbonyl (C=O) groups excluding carboxylic acids is 1. The van der Waals surface area contributed by atoms with Gasteiger partial charge < -0.3 is 15.4 Å². The van der Waals surface area contributed by atoms with E-state index >= 15 is 0 Å². The first-order valence-corrected chi connectivity index (χ1v) is 7.44. The summed E-state index contributed by atoms with van der Waals surface area (Å²) in [6, 6.07) is 5.07. The molecule has 2 rings (SSSR count). The van der Waals surface area contributed by atoms with Gasteiger partial charge in [-0.05, 0) is 44.5 Å². The van der Waals surface area contributed by atoms with Crippen molar-refractivity contribution < 1.29 is 9.53 Å². The maximum Gasteiger partial charge on any atom is 0.261 e. The van der Waals surface area contributed by atoms with Crippen molar-refractivity contribution in [3.63, 3.8) is 0 Å². The van der Waals surface area contributed by atoms with Gasteiger partial charge in [-0.1, -0.05) is 23.2 Å². The average molecular weight is 317 g/mol. The Bertz CT molecular complexity index is 456. The van der Waals surface area contributed by atoms with E-state index < -0.39 is 6.10 Å². The molecular formula is C14H18Cl2N2O2. The van der Waals surface area contributed by atoms with Crippen molar-refractivity contribution in [3.05, 3.63) is 28.2 Å². The number of ether oxygens (including phenoxy) is 1. The Labute approximate surface area is 128 Å². The average Bonchev–Trinajstić information content (AvgIpc) is 2.38. The van der Waals surface area contributed by atoms with Crippen LogP contribution in [0.2, 0.25) is 10.0 Å². The van der Waals surface area contributed by atoms with Gasteiger partial charge in [-0.2, -0.15) is 0 Å². The van der Waals surface area contributed by atoms with Crippen LogP contribution in [0, 0.1) is 0 Å². The molecule has 20 heavy (non-hydrogen) atoms. The second kappa shape index (κ2) is 7.16. The lowest BCUT2D eigenvalue weighted by Crippen LogP contribution is -2.49. The molecule has 0 aliphatic carbocycles. The highest BCUT2D eigenvalue weighted by molar-refractivity contribution is 6.34. The SMILES string of the molecule is CC(Oc1cc(Cl)cc(Cl)c1)C(=O)N[C@H]1CCCNC1. The van der Waals surface area contributed by atoms with Crippen molar-refractivity contribution in [1.82, 2.24) is 10.6 Å². The molecule has 4 nitrogen and oxygen atoms in total. The fourth-order valence-corrected chi connectivity index (χ4v) is 2.65. The number of piperidine rings is 1. The normalized spacial score (nSPS) is 20.2. The Morgan fingerprint density at radius 3 is 2.70 bits per heavy atom. The number of amides is 1. The Morgan fingerprint density at radius 1 is 1.40 bits per heavy atom. The zero-order chi connectivity index (χ0) is 14.5. The van der Waals surface area contributed by atoms with Gasteiger partial charge in [0.15, 0.2) is 6.10 Å².